The molecule has 0 bridgehead atoms. The smallest absolute Gasteiger partial charge is 0.237 e. The third-order valence-corrected chi connectivity index (χ3v) is 3.98. The van der Waals surface area contributed by atoms with E-state index in [1.165, 1.54) is 11.1 Å². The van der Waals surface area contributed by atoms with Crippen LogP contribution in [0.15, 0.2) is 24.3 Å². The van der Waals surface area contributed by atoms with E-state index in [1.54, 1.807) is 0 Å². The van der Waals surface area contributed by atoms with Crippen molar-refractivity contribution < 1.29 is 4.79 Å². The minimum absolute atomic E-state index is 0.0856. The van der Waals surface area contributed by atoms with Gasteiger partial charge in [0.05, 0.1) is 6.04 Å². The zero-order valence-electron chi connectivity index (χ0n) is 14.1. The van der Waals surface area contributed by atoms with Crippen LogP contribution in [-0.2, 0) is 11.3 Å². The van der Waals surface area contributed by atoms with Gasteiger partial charge < -0.3 is 10.6 Å². The maximum absolute atomic E-state index is 12.1. The molecule has 0 saturated carbocycles. The monoisotopic (exact) mass is 290 g/mol. The van der Waals surface area contributed by atoms with Gasteiger partial charge in [-0.2, -0.15) is 0 Å². The topological polar surface area (TPSA) is 41.1 Å². The summed E-state index contributed by atoms with van der Waals surface area (Å²) >= 11 is 0. The lowest BCUT2D eigenvalue weighted by Crippen LogP contribution is -2.45. The van der Waals surface area contributed by atoms with E-state index in [0.717, 1.165) is 19.4 Å². The maximum Gasteiger partial charge on any atom is 0.237 e. The summed E-state index contributed by atoms with van der Waals surface area (Å²) in [5.74, 6) is 0.638. The lowest BCUT2D eigenvalue weighted by atomic mass is 10.0. The van der Waals surface area contributed by atoms with Crippen molar-refractivity contribution in [3.63, 3.8) is 0 Å². The van der Waals surface area contributed by atoms with Gasteiger partial charge in [0.25, 0.3) is 0 Å². The number of carbonyl (C=O) groups excluding carboxylic acids is 1. The zero-order valence-corrected chi connectivity index (χ0v) is 14.1. The van der Waals surface area contributed by atoms with Gasteiger partial charge in [0.2, 0.25) is 5.91 Å². The van der Waals surface area contributed by atoms with Crippen LogP contribution in [0.25, 0.3) is 0 Å². The van der Waals surface area contributed by atoms with E-state index < -0.39 is 0 Å². The predicted octanol–water partition coefficient (Wildman–Crippen LogP) is 3.59. The Labute approximate surface area is 129 Å². The summed E-state index contributed by atoms with van der Waals surface area (Å²) in [7, 11) is 0. The van der Waals surface area contributed by atoms with Gasteiger partial charge in [0, 0.05) is 12.6 Å². The Hall–Kier alpha value is -1.35. The molecule has 118 valence electrons. The fourth-order valence-electron chi connectivity index (χ4n) is 2.20. The molecule has 0 heterocycles. The molecule has 0 aromatic heterocycles. The Morgan fingerprint density at radius 2 is 1.62 bits per heavy atom. The Kier molecular flexibility index (Phi) is 7.44. The highest BCUT2D eigenvalue weighted by atomic mass is 16.2. The van der Waals surface area contributed by atoms with Crippen LogP contribution in [0.4, 0.5) is 0 Å². The van der Waals surface area contributed by atoms with E-state index in [9.17, 15) is 4.79 Å². The SMILES string of the molecule is CCC(CC)NC(=O)C(C)NCc1ccc(C(C)C)cc1. The second-order valence-corrected chi connectivity index (χ2v) is 6.02. The molecule has 2 N–H and O–H groups in total. The van der Waals surface area contributed by atoms with Gasteiger partial charge in [-0.15, -0.1) is 0 Å². The number of carbonyl (C=O) groups is 1. The third kappa shape index (κ3) is 5.88. The molecule has 1 rings (SSSR count). The second kappa shape index (κ2) is 8.83. The summed E-state index contributed by atoms with van der Waals surface area (Å²) in [6, 6.07) is 8.71. The molecular formula is C18H30N2O. The normalized spacial score (nSPS) is 12.7. The van der Waals surface area contributed by atoms with Crippen molar-refractivity contribution in [3.05, 3.63) is 35.4 Å². The Balaban J connectivity index is 2.44. The van der Waals surface area contributed by atoms with Crippen LogP contribution in [0.2, 0.25) is 0 Å². The average molecular weight is 290 g/mol. The van der Waals surface area contributed by atoms with Gasteiger partial charge in [-0.1, -0.05) is 52.0 Å². The molecule has 0 aliphatic heterocycles. The second-order valence-electron chi connectivity index (χ2n) is 6.02. The van der Waals surface area contributed by atoms with Crippen LogP contribution in [0, 0.1) is 0 Å². The first-order valence-corrected chi connectivity index (χ1v) is 8.10. The highest BCUT2D eigenvalue weighted by Crippen LogP contribution is 2.14. The van der Waals surface area contributed by atoms with Gasteiger partial charge in [-0.3, -0.25) is 4.79 Å². The zero-order chi connectivity index (χ0) is 15.8. The maximum atomic E-state index is 12.1. The quantitative estimate of drug-likeness (QED) is 0.768. The molecule has 21 heavy (non-hydrogen) atoms. The number of amides is 1. The fourth-order valence-corrected chi connectivity index (χ4v) is 2.20. The van der Waals surface area contributed by atoms with Crippen LogP contribution in [0.1, 0.15) is 64.5 Å². The van der Waals surface area contributed by atoms with Crippen LogP contribution in [-0.4, -0.2) is 18.0 Å². The Morgan fingerprint density at radius 1 is 1.05 bits per heavy atom. The molecule has 0 saturated heterocycles. The van der Waals surface area contributed by atoms with Crippen LogP contribution >= 0.6 is 0 Å². The summed E-state index contributed by atoms with van der Waals surface area (Å²) in [5.41, 5.74) is 2.56. The van der Waals surface area contributed by atoms with E-state index in [4.69, 9.17) is 0 Å². The average Bonchev–Trinajstić information content (AvgIpc) is 2.50. The standard InChI is InChI=1S/C18H30N2O/c1-6-17(7-2)20-18(21)14(5)19-12-15-8-10-16(11-9-15)13(3)4/h8-11,13-14,17,19H,6-7,12H2,1-5H3,(H,20,21). The highest BCUT2D eigenvalue weighted by molar-refractivity contribution is 5.81. The first-order valence-electron chi connectivity index (χ1n) is 8.10. The molecule has 0 aliphatic carbocycles. The van der Waals surface area contributed by atoms with Gasteiger partial charge in [-0.05, 0) is 36.8 Å². The van der Waals surface area contributed by atoms with Crippen molar-refractivity contribution >= 4 is 5.91 Å². The van der Waals surface area contributed by atoms with Crippen molar-refractivity contribution in [1.82, 2.24) is 10.6 Å². The minimum atomic E-state index is -0.171. The molecule has 1 atom stereocenters. The molecule has 1 unspecified atom stereocenters. The molecule has 0 spiro atoms. The number of rotatable bonds is 8. The Morgan fingerprint density at radius 3 is 2.10 bits per heavy atom. The largest absolute Gasteiger partial charge is 0.352 e. The lowest BCUT2D eigenvalue weighted by molar-refractivity contribution is -0.123. The van der Waals surface area contributed by atoms with Crippen molar-refractivity contribution in [2.45, 2.75) is 72.0 Å². The van der Waals surface area contributed by atoms with Crippen molar-refractivity contribution in [1.29, 1.82) is 0 Å². The fraction of sp³-hybridized carbons (Fsp3) is 0.611. The van der Waals surface area contributed by atoms with E-state index in [1.807, 2.05) is 6.92 Å². The van der Waals surface area contributed by atoms with Gasteiger partial charge in [-0.25, -0.2) is 0 Å². The van der Waals surface area contributed by atoms with Gasteiger partial charge >= 0.3 is 0 Å². The Bertz CT molecular complexity index is 421. The molecule has 3 nitrogen and oxygen atoms in total. The summed E-state index contributed by atoms with van der Waals surface area (Å²) in [5, 5.41) is 6.36. The molecule has 0 aliphatic rings. The van der Waals surface area contributed by atoms with Crippen molar-refractivity contribution in [3.8, 4) is 0 Å². The molecule has 0 radical (unpaired) electrons. The third-order valence-electron chi connectivity index (χ3n) is 3.98. The highest BCUT2D eigenvalue weighted by Gasteiger charge is 2.15. The molecule has 1 aromatic carbocycles. The van der Waals surface area contributed by atoms with Gasteiger partial charge in [0.1, 0.15) is 0 Å². The summed E-state index contributed by atoms with van der Waals surface area (Å²) < 4.78 is 0. The number of benzene rings is 1. The van der Waals surface area contributed by atoms with Crippen molar-refractivity contribution in [2.75, 3.05) is 0 Å². The molecule has 0 fully saturated rings. The number of hydrogen-bond acceptors (Lipinski definition) is 2. The molecular weight excluding hydrogens is 260 g/mol. The van der Waals surface area contributed by atoms with E-state index in [2.05, 4.69) is 62.6 Å². The first-order chi connectivity index (χ1) is 9.97. The van der Waals surface area contributed by atoms with E-state index in [-0.39, 0.29) is 18.0 Å². The van der Waals surface area contributed by atoms with Gasteiger partial charge in [0.15, 0.2) is 0 Å². The van der Waals surface area contributed by atoms with Crippen molar-refractivity contribution in [2.24, 2.45) is 0 Å². The predicted molar refractivity (Wildman–Crippen MR) is 89.3 cm³/mol. The molecule has 1 aromatic rings. The van der Waals surface area contributed by atoms with Crippen LogP contribution in [0.3, 0.4) is 0 Å². The lowest BCUT2D eigenvalue weighted by Gasteiger charge is -2.19. The van der Waals surface area contributed by atoms with Crippen LogP contribution in [0.5, 0.6) is 0 Å². The molecule has 3 heteroatoms. The number of hydrogen-bond donors (Lipinski definition) is 2. The first kappa shape index (κ1) is 17.7. The minimum Gasteiger partial charge on any atom is -0.352 e. The van der Waals surface area contributed by atoms with E-state index >= 15 is 0 Å². The van der Waals surface area contributed by atoms with E-state index in [0.29, 0.717) is 5.92 Å². The summed E-state index contributed by atoms with van der Waals surface area (Å²) in [6.45, 7) is 11.2. The molecule has 1 amide bonds. The number of nitrogens with one attached hydrogen (secondary N) is 2. The van der Waals surface area contributed by atoms with Crippen LogP contribution < -0.4 is 10.6 Å². The summed E-state index contributed by atoms with van der Waals surface area (Å²) in [6.07, 6.45) is 1.96. The summed E-state index contributed by atoms with van der Waals surface area (Å²) in [4.78, 5) is 12.1.